The van der Waals surface area contributed by atoms with Gasteiger partial charge >= 0.3 is 0 Å². The highest BCUT2D eigenvalue weighted by Crippen LogP contribution is 2.22. The molecule has 0 saturated heterocycles. The molecule has 1 atom stereocenters. The minimum atomic E-state index is -0.475. The highest BCUT2D eigenvalue weighted by molar-refractivity contribution is 5.77. The Bertz CT molecular complexity index is 473. The number of aliphatic imine (C=N–C) groups is 1. The smallest absolute Gasteiger partial charge is 0.187 e. The molecule has 1 rings (SSSR count). The number of ether oxygens (including phenoxy) is 1. The molecule has 0 spiro atoms. The van der Waals surface area contributed by atoms with Gasteiger partial charge in [-0.1, -0.05) is 65.5 Å². The van der Waals surface area contributed by atoms with E-state index in [1.807, 2.05) is 13.0 Å². The van der Waals surface area contributed by atoms with Gasteiger partial charge in [-0.15, -0.1) is 0 Å². The van der Waals surface area contributed by atoms with Gasteiger partial charge in [0.15, 0.2) is 5.90 Å². The fourth-order valence-electron chi connectivity index (χ4n) is 3.52. The number of allylic oxidation sites excluding steroid dienone is 1. The molecule has 0 aromatic heterocycles. The van der Waals surface area contributed by atoms with Crippen LogP contribution < -0.4 is 0 Å². The van der Waals surface area contributed by atoms with Gasteiger partial charge in [-0.2, -0.15) is 0 Å². The van der Waals surface area contributed by atoms with Crippen LogP contribution >= 0.6 is 0 Å². The van der Waals surface area contributed by atoms with Crippen molar-refractivity contribution in [3.05, 3.63) is 23.9 Å². The summed E-state index contributed by atoms with van der Waals surface area (Å²) in [6.07, 6.45) is 12.6. The molecule has 0 aromatic carbocycles. The van der Waals surface area contributed by atoms with Crippen LogP contribution in [-0.4, -0.2) is 43.7 Å². The molecule has 0 aliphatic carbocycles. The van der Waals surface area contributed by atoms with Crippen LogP contribution in [0.4, 0.5) is 4.39 Å². The molecule has 0 saturated carbocycles. The van der Waals surface area contributed by atoms with Crippen LogP contribution in [0, 0.1) is 5.92 Å². The summed E-state index contributed by atoms with van der Waals surface area (Å²) in [5, 5.41) is 0. The predicted molar refractivity (Wildman–Crippen MR) is 115 cm³/mol. The summed E-state index contributed by atoms with van der Waals surface area (Å²) in [5.74, 6) is 1.44. The number of rotatable bonds is 13. The van der Waals surface area contributed by atoms with Gasteiger partial charge in [-0.25, -0.2) is 9.38 Å². The first-order valence-corrected chi connectivity index (χ1v) is 11.0. The molecule has 1 aliphatic heterocycles. The van der Waals surface area contributed by atoms with Gasteiger partial charge in [-0.3, -0.25) is 0 Å². The Balaban J connectivity index is 2.50. The molecule has 1 heterocycles. The molecule has 0 fully saturated rings. The van der Waals surface area contributed by atoms with Crippen LogP contribution in [0.2, 0.25) is 0 Å². The fourth-order valence-corrected chi connectivity index (χ4v) is 3.52. The third-order valence-corrected chi connectivity index (χ3v) is 5.38. The summed E-state index contributed by atoms with van der Waals surface area (Å²) in [6.45, 7) is 13.5. The summed E-state index contributed by atoms with van der Waals surface area (Å²) in [7, 11) is 0. The third kappa shape index (κ3) is 10.1. The van der Waals surface area contributed by atoms with Crippen LogP contribution in [0.25, 0.3) is 0 Å². The molecular weight excluding hydrogens is 339 g/mol. The SMILES string of the molecule is C=CC1=C(/N=C(\CC)OCCF)CCN(CC[C@H](C)CCCCCC)CC1. The van der Waals surface area contributed by atoms with Crippen molar-refractivity contribution < 1.29 is 9.13 Å². The lowest BCUT2D eigenvalue weighted by Crippen LogP contribution is -2.27. The summed E-state index contributed by atoms with van der Waals surface area (Å²) in [4.78, 5) is 7.26. The lowest BCUT2D eigenvalue weighted by molar-refractivity contribution is 0.255. The zero-order chi connectivity index (χ0) is 19.9. The Kier molecular flexibility index (Phi) is 13.1. The molecule has 27 heavy (non-hydrogen) atoms. The molecule has 156 valence electrons. The number of unbranched alkanes of at least 4 members (excludes halogenated alkanes) is 3. The van der Waals surface area contributed by atoms with E-state index < -0.39 is 6.67 Å². The van der Waals surface area contributed by atoms with Crippen molar-refractivity contribution in [2.45, 2.75) is 78.6 Å². The molecule has 1 aliphatic rings. The van der Waals surface area contributed by atoms with Crippen molar-refractivity contribution in [1.82, 2.24) is 4.90 Å². The maximum atomic E-state index is 12.4. The molecule has 4 heteroatoms. The molecule has 0 N–H and O–H groups in total. The van der Waals surface area contributed by atoms with Crippen LogP contribution in [0.1, 0.15) is 78.6 Å². The van der Waals surface area contributed by atoms with Gasteiger partial charge in [0.25, 0.3) is 0 Å². The van der Waals surface area contributed by atoms with Crippen LogP contribution in [0.5, 0.6) is 0 Å². The van der Waals surface area contributed by atoms with Crippen LogP contribution in [-0.2, 0) is 4.74 Å². The standard InChI is InChI=1S/C23H41FN2O/c1-5-8-9-10-11-20(4)12-16-26-17-13-21(6-2)22(14-18-26)25-23(7-3)27-19-15-24/h6,20H,2,5,7-19H2,1,3-4H3/b25-23+/t20-/m1/s1. The first-order chi connectivity index (χ1) is 13.1. The van der Waals surface area contributed by atoms with E-state index in [2.05, 4.69) is 25.3 Å². The van der Waals surface area contributed by atoms with Crippen molar-refractivity contribution in [3.63, 3.8) is 0 Å². The third-order valence-electron chi connectivity index (χ3n) is 5.38. The number of hydrogen-bond acceptors (Lipinski definition) is 3. The highest BCUT2D eigenvalue weighted by atomic mass is 19.1. The van der Waals surface area contributed by atoms with Gasteiger partial charge in [0.2, 0.25) is 0 Å². The first kappa shape index (κ1) is 23.9. The van der Waals surface area contributed by atoms with E-state index in [9.17, 15) is 4.39 Å². The summed E-state index contributed by atoms with van der Waals surface area (Å²) >= 11 is 0. The minimum absolute atomic E-state index is 0.0889. The van der Waals surface area contributed by atoms with E-state index >= 15 is 0 Å². The van der Waals surface area contributed by atoms with Crippen molar-refractivity contribution in [3.8, 4) is 0 Å². The average Bonchev–Trinajstić information content (AvgIpc) is 2.88. The van der Waals surface area contributed by atoms with E-state index in [-0.39, 0.29) is 6.61 Å². The van der Waals surface area contributed by atoms with E-state index in [1.54, 1.807) is 0 Å². The average molecular weight is 381 g/mol. The quantitative estimate of drug-likeness (QED) is 0.212. The second kappa shape index (κ2) is 14.8. The number of nitrogens with zero attached hydrogens (tertiary/aromatic N) is 2. The predicted octanol–water partition coefficient (Wildman–Crippen LogP) is 6.31. The summed E-state index contributed by atoms with van der Waals surface area (Å²) in [6, 6.07) is 0. The van der Waals surface area contributed by atoms with Crippen molar-refractivity contribution in [2.75, 3.05) is 32.9 Å². The zero-order valence-corrected chi connectivity index (χ0v) is 17.9. The zero-order valence-electron chi connectivity index (χ0n) is 17.9. The van der Waals surface area contributed by atoms with Crippen LogP contribution in [0.3, 0.4) is 0 Å². The lowest BCUT2D eigenvalue weighted by Gasteiger charge is -2.22. The molecule has 0 amide bonds. The molecular formula is C23H41FN2O. The minimum Gasteiger partial charge on any atom is -0.478 e. The maximum Gasteiger partial charge on any atom is 0.187 e. The van der Waals surface area contributed by atoms with Gasteiger partial charge in [-0.05, 0) is 30.9 Å². The molecule has 0 radical (unpaired) electrons. The lowest BCUT2D eigenvalue weighted by atomic mass is 9.99. The molecule has 0 bridgehead atoms. The Morgan fingerprint density at radius 3 is 2.67 bits per heavy atom. The Morgan fingerprint density at radius 1 is 1.22 bits per heavy atom. The number of hydrogen-bond donors (Lipinski definition) is 0. The monoisotopic (exact) mass is 380 g/mol. The van der Waals surface area contributed by atoms with Crippen molar-refractivity contribution in [1.29, 1.82) is 0 Å². The van der Waals surface area contributed by atoms with Crippen molar-refractivity contribution >= 4 is 5.90 Å². The fraction of sp³-hybridized carbons (Fsp3) is 0.783. The number of alkyl halides is 1. The number of halogens is 1. The summed E-state index contributed by atoms with van der Waals surface area (Å²) < 4.78 is 17.8. The largest absolute Gasteiger partial charge is 0.478 e. The van der Waals surface area contributed by atoms with E-state index in [4.69, 9.17) is 9.73 Å². The maximum absolute atomic E-state index is 12.4. The summed E-state index contributed by atoms with van der Waals surface area (Å²) in [5.41, 5.74) is 2.27. The molecule has 3 nitrogen and oxygen atoms in total. The molecule has 0 unspecified atom stereocenters. The van der Waals surface area contributed by atoms with E-state index in [0.29, 0.717) is 12.3 Å². The Labute approximate surface area is 166 Å². The van der Waals surface area contributed by atoms with Gasteiger partial charge in [0.1, 0.15) is 13.3 Å². The van der Waals surface area contributed by atoms with Crippen molar-refractivity contribution in [2.24, 2.45) is 10.9 Å². The second-order valence-corrected chi connectivity index (χ2v) is 7.66. The topological polar surface area (TPSA) is 24.8 Å². The second-order valence-electron chi connectivity index (χ2n) is 7.66. The van der Waals surface area contributed by atoms with Gasteiger partial charge in [0.05, 0.1) is 0 Å². The van der Waals surface area contributed by atoms with E-state index in [0.717, 1.165) is 44.1 Å². The Morgan fingerprint density at radius 2 is 2.00 bits per heavy atom. The molecule has 0 aromatic rings. The van der Waals surface area contributed by atoms with E-state index in [1.165, 1.54) is 44.1 Å². The van der Waals surface area contributed by atoms with Crippen LogP contribution in [0.15, 0.2) is 28.9 Å². The normalized spacial score (nSPS) is 17.7. The highest BCUT2D eigenvalue weighted by Gasteiger charge is 2.16. The van der Waals surface area contributed by atoms with Gasteiger partial charge < -0.3 is 9.64 Å². The Hall–Kier alpha value is -1.16. The van der Waals surface area contributed by atoms with Gasteiger partial charge in [0, 0.05) is 31.6 Å². The first-order valence-electron chi connectivity index (χ1n) is 11.0.